The molecule has 1 amide bonds. The zero-order chi connectivity index (χ0) is 14.7. The number of rotatable bonds is 4. The first kappa shape index (κ1) is 13.4. The summed E-state index contributed by atoms with van der Waals surface area (Å²) in [6, 6.07) is 5.59. The van der Waals surface area contributed by atoms with E-state index in [2.05, 4.69) is 25.5 Å². The third-order valence-electron chi connectivity index (χ3n) is 2.91. The summed E-state index contributed by atoms with van der Waals surface area (Å²) in [6.45, 7) is 2.28. The fourth-order valence-electron chi connectivity index (χ4n) is 1.86. The highest BCUT2D eigenvalue weighted by Gasteiger charge is 2.16. The lowest BCUT2D eigenvalue weighted by Crippen LogP contribution is -2.22. The zero-order valence-corrected chi connectivity index (χ0v) is 12.1. The molecule has 3 rings (SSSR count). The number of aromatic amines is 1. The van der Waals surface area contributed by atoms with Crippen LogP contribution in [0.5, 0.6) is 0 Å². The molecule has 0 aliphatic carbocycles. The number of nitrogens with zero attached hydrogens (tertiary/aromatic N) is 3. The van der Waals surface area contributed by atoms with Gasteiger partial charge in [0.2, 0.25) is 0 Å². The van der Waals surface area contributed by atoms with Crippen LogP contribution in [0.15, 0.2) is 36.8 Å². The molecule has 0 saturated heterocycles. The van der Waals surface area contributed by atoms with Crippen molar-refractivity contribution in [1.82, 2.24) is 25.5 Å². The van der Waals surface area contributed by atoms with E-state index in [9.17, 15) is 4.79 Å². The molecule has 0 bridgehead atoms. The second kappa shape index (κ2) is 5.84. The second-order valence-corrected chi connectivity index (χ2v) is 5.45. The maximum Gasteiger partial charge on any atom is 0.263 e. The maximum atomic E-state index is 12.2. The van der Waals surface area contributed by atoms with Crippen molar-refractivity contribution in [3.63, 3.8) is 0 Å². The molecule has 21 heavy (non-hydrogen) atoms. The zero-order valence-electron chi connectivity index (χ0n) is 11.3. The number of H-pyrrole nitrogens is 1. The number of pyridine rings is 1. The first-order valence-corrected chi connectivity index (χ1v) is 7.20. The molecule has 0 aliphatic heterocycles. The van der Waals surface area contributed by atoms with Gasteiger partial charge in [0, 0.05) is 25.1 Å². The second-order valence-electron chi connectivity index (χ2n) is 4.45. The molecule has 0 aromatic carbocycles. The lowest BCUT2D eigenvalue weighted by Gasteiger charge is -2.03. The molecule has 3 aromatic rings. The first-order valence-electron chi connectivity index (χ1n) is 6.38. The Morgan fingerprint density at radius 1 is 1.38 bits per heavy atom. The monoisotopic (exact) mass is 299 g/mol. The fraction of sp³-hybridized carbons (Fsp3) is 0.143. The molecular weight excluding hydrogens is 286 g/mol. The molecule has 0 aliphatic rings. The number of thiazole rings is 1. The highest BCUT2D eigenvalue weighted by atomic mass is 32.1. The van der Waals surface area contributed by atoms with E-state index in [0.717, 1.165) is 16.3 Å². The third kappa shape index (κ3) is 2.97. The third-order valence-corrected chi connectivity index (χ3v) is 4.10. The number of aromatic nitrogens is 4. The van der Waals surface area contributed by atoms with Gasteiger partial charge >= 0.3 is 0 Å². The van der Waals surface area contributed by atoms with Gasteiger partial charge in [0.15, 0.2) is 0 Å². The lowest BCUT2D eigenvalue weighted by atomic mass is 10.3. The molecule has 0 radical (unpaired) electrons. The molecule has 0 fully saturated rings. The molecule has 2 N–H and O–H groups in total. The van der Waals surface area contributed by atoms with E-state index in [0.29, 0.717) is 17.1 Å². The lowest BCUT2D eigenvalue weighted by molar-refractivity contribution is 0.0954. The van der Waals surface area contributed by atoms with Gasteiger partial charge in [0.05, 0.1) is 11.4 Å². The Bertz CT molecular complexity index is 736. The van der Waals surface area contributed by atoms with Crippen LogP contribution in [0.4, 0.5) is 0 Å². The molecular formula is C14H13N5OS. The summed E-state index contributed by atoms with van der Waals surface area (Å²) in [6.07, 6.45) is 5.10. The van der Waals surface area contributed by atoms with Gasteiger partial charge < -0.3 is 5.32 Å². The number of aryl methyl sites for hydroxylation is 1. The summed E-state index contributed by atoms with van der Waals surface area (Å²) in [5.74, 6) is -0.125. The van der Waals surface area contributed by atoms with Crippen LogP contribution in [-0.4, -0.2) is 26.1 Å². The SMILES string of the molecule is Cc1nc(-c2ccn[nH]2)sc1C(=O)NCc1cccnc1. The molecule has 0 saturated carbocycles. The normalized spacial score (nSPS) is 10.5. The minimum atomic E-state index is -0.125. The van der Waals surface area contributed by atoms with Crippen LogP contribution in [0.3, 0.4) is 0 Å². The number of carbonyl (C=O) groups is 1. The summed E-state index contributed by atoms with van der Waals surface area (Å²) < 4.78 is 0. The largest absolute Gasteiger partial charge is 0.347 e. The van der Waals surface area contributed by atoms with Crippen molar-refractivity contribution in [3.05, 3.63) is 52.9 Å². The predicted molar refractivity (Wildman–Crippen MR) is 79.8 cm³/mol. The van der Waals surface area contributed by atoms with Crippen LogP contribution in [0.1, 0.15) is 20.9 Å². The van der Waals surface area contributed by atoms with Crippen LogP contribution >= 0.6 is 11.3 Å². The molecule has 6 nitrogen and oxygen atoms in total. The highest BCUT2D eigenvalue weighted by Crippen LogP contribution is 2.26. The van der Waals surface area contributed by atoms with Gasteiger partial charge in [0.25, 0.3) is 5.91 Å². The Kier molecular flexibility index (Phi) is 3.74. The van der Waals surface area contributed by atoms with Crippen molar-refractivity contribution in [3.8, 4) is 10.7 Å². The molecule has 0 spiro atoms. The molecule has 106 valence electrons. The fourth-order valence-corrected chi connectivity index (χ4v) is 2.82. The van der Waals surface area contributed by atoms with E-state index in [1.807, 2.05) is 25.1 Å². The maximum absolute atomic E-state index is 12.2. The van der Waals surface area contributed by atoms with Crippen molar-refractivity contribution >= 4 is 17.2 Å². The smallest absolute Gasteiger partial charge is 0.263 e. The Balaban J connectivity index is 1.73. The standard InChI is InChI=1S/C14H13N5OS/c1-9-12(21-14(18-9)11-4-6-17-19-11)13(20)16-8-10-3-2-5-15-7-10/h2-7H,8H2,1H3,(H,16,20)(H,17,19). The van der Waals surface area contributed by atoms with Crippen LogP contribution in [-0.2, 0) is 6.54 Å². The van der Waals surface area contributed by atoms with E-state index in [1.54, 1.807) is 18.6 Å². The number of nitrogens with one attached hydrogen (secondary N) is 2. The van der Waals surface area contributed by atoms with Gasteiger partial charge in [-0.1, -0.05) is 6.07 Å². The van der Waals surface area contributed by atoms with Crippen LogP contribution in [0, 0.1) is 6.92 Å². The van der Waals surface area contributed by atoms with Gasteiger partial charge in [-0.05, 0) is 24.6 Å². The van der Waals surface area contributed by atoms with E-state index >= 15 is 0 Å². The van der Waals surface area contributed by atoms with Crippen LogP contribution in [0.25, 0.3) is 10.7 Å². The molecule has 3 heterocycles. The van der Waals surface area contributed by atoms with Crippen molar-refractivity contribution < 1.29 is 4.79 Å². The number of hydrogen-bond donors (Lipinski definition) is 2. The number of carbonyl (C=O) groups excluding carboxylic acids is 1. The Hall–Kier alpha value is -2.54. The van der Waals surface area contributed by atoms with Gasteiger partial charge in [0.1, 0.15) is 9.88 Å². The summed E-state index contributed by atoms with van der Waals surface area (Å²) in [4.78, 5) is 21.3. The number of amides is 1. The molecule has 0 unspecified atom stereocenters. The molecule has 7 heteroatoms. The first-order chi connectivity index (χ1) is 10.2. The van der Waals surface area contributed by atoms with E-state index < -0.39 is 0 Å². The average molecular weight is 299 g/mol. The van der Waals surface area contributed by atoms with Gasteiger partial charge in [-0.2, -0.15) is 5.10 Å². The quantitative estimate of drug-likeness (QED) is 0.773. The minimum absolute atomic E-state index is 0.125. The molecule has 3 aromatic heterocycles. The summed E-state index contributed by atoms with van der Waals surface area (Å²) >= 11 is 1.35. The number of hydrogen-bond acceptors (Lipinski definition) is 5. The average Bonchev–Trinajstić information content (AvgIpc) is 3.15. The summed E-state index contributed by atoms with van der Waals surface area (Å²) in [7, 11) is 0. The Morgan fingerprint density at radius 2 is 2.29 bits per heavy atom. The summed E-state index contributed by atoms with van der Waals surface area (Å²) in [5.41, 5.74) is 2.49. The topological polar surface area (TPSA) is 83.6 Å². The van der Waals surface area contributed by atoms with Crippen molar-refractivity contribution in [2.45, 2.75) is 13.5 Å². The highest BCUT2D eigenvalue weighted by molar-refractivity contribution is 7.17. The van der Waals surface area contributed by atoms with Crippen LogP contribution in [0.2, 0.25) is 0 Å². The van der Waals surface area contributed by atoms with Crippen molar-refractivity contribution in [2.24, 2.45) is 0 Å². The molecule has 0 atom stereocenters. The van der Waals surface area contributed by atoms with Crippen molar-refractivity contribution in [1.29, 1.82) is 0 Å². The Morgan fingerprint density at radius 3 is 3.00 bits per heavy atom. The predicted octanol–water partition coefficient (Wildman–Crippen LogP) is 2.17. The van der Waals surface area contributed by atoms with E-state index in [1.165, 1.54) is 11.3 Å². The van der Waals surface area contributed by atoms with Crippen LogP contribution < -0.4 is 5.32 Å². The summed E-state index contributed by atoms with van der Waals surface area (Å²) in [5, 5.41) is 10.4. The van der Waals surface area contributed by atoms with E-state index in [4.69, 9.17) is 0 Å². The van der Waals surface area contributed by atoms with Gasteiger partial charge in [-0.3, -0.25) is 14.9 Å². The van der Waals surface area contributed by atoms with Gasteiger partial charge in [-0.15, -0.1) is 11.3 Å². The minimum Gasteiger partial charge on any atom is -0.347 e. The van der Waals surface area contributed by atoms with E-state index in [-0.39, 0.29) is 5.91 Å². The van der Waals surface area contributed by atoms with Gasteiger partial charge in [-0.25, -0.2) is 4.98 Å². The van der Waals surface area contributed by atoms with Crippen molar-refractivity contribution in [2.75, 3.05) is 0 Å². The Labute approximate surface area is 125 Å².